The highest BCUT2D eigenvalue weighted by Crippen LogP contribution is 2.21. The molecule has 1 aromatic heterocycles. The van der Waals surface area contributed by atoms with Gasteiger partial charge in [-0.15, -0.1) is 0 Å². The number of hydrogen-bond donors (Lipinski definition) is 1. The van der Waals surface area contributed by atoms with Crippen LogP contribution in [0.15, 0.2) is 47.1 Å². The molecule has 0 bridgehead atoms. The van der Waals surface area contributed by atoms with Crippen LogP contribution in [0.5, 0.6) is 0 Å². The Bertz CT molecular complexity index is 709. The number of anilines is 1. The first-order valence-corrected chi connectivity index (χ1v) is 8.40. The highest BCUT2D eigenvalue weighted by Gasteiger charge is 2.29. The van der Waals surface area contributed by atoms with Crippen LogP contribution < -0.4 is 5.32 Å². The molecule has 24 heavy (non-hydrogen) atoms. The Balaban J connectivity index is 1.63. The minimum absolute atomic E-state index is 0.0276. The number of likely N-dealkylation sites (tertiary alicyclic amines) is 1. The van der Waals surface area contributed by atoms with Crippen LogP contribution in [0.3, 0.4) is 0 Å². The van der Waals surface area contributed by atoms with Gasteiger partial charge in [0.05, 0.1) is 12.2 Å². The van der Waals surface area contributed by atoms with E-state index in [1.54, 1.807) is 17.0 Å². The number of aryl methyl sites for hydroxylation is 1. The monoisotopic (exact) mass is 326 g/mol. The summed E-state index contributed by atoms with van der Waals surface area (Å²) in [6, 6.07) is 11.2. The molecule has 0 aliphatic carbocycles. The SMILES string of the molecule is CCc1cccc(NC(=O)C2CCCN(C(=O)c3ccco3)C2)c1. The number of carbonyl (C=O) groups is 2. The first-order valence-electron chi connectivity index (χ1n) is 8.40. The summed E-state index contributed by atoms with van der Waals surface area (Å²) >= 11 is 0. The maximum Gasteiger partial charge on any atom is 0.289 e. The molecule has 1 N–H and O–H groups in total. The van der Waals surface area contributed by atoms with E-state index in [2.05, 4.69) is 12.2 Å². The van der Waals surface area contributed by atoms with Crippen LogP contribution in [-0.2, 0) is 11.2 Å². The lowest BCUT2D eigenvalue weighted by atomic mass is 9.96. The first-order chi connectivity index (χ1) is 11.7. The predicted molar refractivity (Wildman–Crippen MR) is 91.8 cm³/mol. The number of piperidine rings is 1. The fourth-order valence-corrected chi connectivity index (χ4v) is 3.05. The van der Waals surface area contributed by atoms with Gasteiger partial charge in [-0.05, 0) is 49.1 Å². The zero-order valence-corrected chi connectivity index (χ0v) is 13.8. The molecule has 5 heteroatoms. The second-order valence-electron chi connectivity index (χ2n) is 6.11. The van der Waals surface area contributed by atoms with Crippen molar-refractivity contribution in [3.8, 4) is 0 Å². The molecule has 1 atom stereocenters. The van der Waals surface area contributed by atoms with Crippen LogP contribution in [0.1, 0.15) is 35.9 Å². The molecule has 0 spiro atoms. The Morgan fingerprint density at radius 3 is 2.92 bits per heavy atom. The summed E-state index contributed by atoms with van der Waals surface area (Å²) in [4.78, 5) is 26.6. The summed E-state index contributed by atoms with van der Waals surface area (Å²) in [6.07, 6.45) is 4.03. The molecule has 5 nitrogen and oxygen atoms in total. The first kappa shape index (κ1) is 16.3. The average Bonchev–Trinajstić information content (AvgIpc) is 3.16. The molecule has 3 rings (SSSR count). The minimum atomic E-state index is -0.192. The number of nitrogens with zero attached hydrogens (tertiary/aromatic N) is 1. The van der Waals surface area contributed by atoms with Gasteiger partial charge in [0.2, 0.25) is 5.91 Å². The zero-order chi connectivity index (χ0) is 16.9. The second kappa shape index (κ2) is 7.34. The van der Waals surface area contributed by atoms with Crippen LogP contribution in [0.4, 0.5) is 5.69 Å². The summed E-state index contributed by atoms with van der Waals surface area (Å²) in [7, 11) is 0. The quantitative estimate of drug-likeness (QED) is 0.937. The summed E-state index contributed by atoms with van der Waals surface area (Å²) < 4.78 is 5.17. The van der Waals surface area contributed by atoms with Gasteiger partial charge in [0, 0.05) is 18.8 Å². The van der Waals surface area contributed by atoms with Gasteiger partial charge >= 0.3 is 0 Å². The average molecular weight is 326 g/mol. The van der Waals surface area contributed by atoms with E-state index < -0.39 is 0 Å². The van der Waals surface area contributed by atoms with Crippen LogP contribution in [0.25, 0.3) is 0 Å². The van der Waals surface area contributed by atoms with Crippen LogP contribution >= 0.6 is 0 Å². The maximum absolute atomic E-state index is 12.5. The molecule has 1 aliphatic heterocycles. The van der Waals surface area contributed by atoms with Crippen molar-refractivity contribution in [1.82, 2.24) is 4.90 Å². The van der Waals surface area contributed by atoms with Crippen molar-refractivity contribution in [3.05, 3.63) is 54.0 Å². The number of nitrogens with one attached hydrogen (secondary N) is 1. The molecule has 1 aliphatic rings. The van der Waals surface area contributed by atoms with E-state index in [0.29, 0.717) is 18.8 Å². The predicted octanol–water partition coefficient (Wildman–Crippen LogP) is 3.33. The van der Waals surface area contributed by atoms with Crippen molar-refractivity contribution in [2.45, 2.75) is 26.2 Å². The van der Waals surface area contributed by atoms with Gasteiger partial charge in [-0.2, -0.15) is 0 Å². The van der Waals surface area contributed by atoms with Gasteiger partial charge in [0.1, 0.15) is 0 Å². The lowest BCUT2D eigenvalue weighted by Gasteiger charge is -2.31. The Kier molecular flexibility index (Phi) is 4.99. The number of benzene rings is 1. The topological polar surface area (TPSA) is 62.6 Å². The normalized spacial score (nSPS) is 17.5. The van der Waals surface area contributed by atoms with Gasteiger partial charge in [-0.3, -0.25) is 9.59 Å². The van der Waals surface area contributed by atoms with E-state index in [-0.39, 0.29) is 17.7 Å². The molecule has 0 radical (unpaired) electrons. The largest absolute Gasteiger partial charge is 0.459 e. The zero-order valence-electron chi connectivity index (χ0n) is 13.8. The number of hydrogen-bond acceptors (Lipinski definition) is 3. The van der Waals surface area contributed by atoms with Gasteiger partial charge in [-0.1, -0.05) is 19.1 Å². The molecule has 2 heterocycles. The Morgan fingerprint density at radius 1 is 1.29 bits per heavy atom. The van der Waals surface area contributed by atoms with Crippen molar-refractivity contribution in [2.75, 3.05) is 18.4 Å². The summed E-state index contributed by atoms with van der Waals surface area (Å²) in [5, 5.41) is 2.98. The second-order valence-corrected chi connectivity index (χ2v) is 6.11. The van der Waals surface area contributed by atoms with E-state index in [4.69, 9.17) is 4.42 Å². The Hall–Kier alpha value is -2.56. The molecule has 2 amide bonds. The minimum Gasteiger partial charge on any atom is -0.459 e. The molecular formula is C19H22N2O3. The number of amides is 2. The van der Waals surface area contributed by atoms with Gasteiger partial charge in [0.15, 0.2) is 5.76 Å². The lowest BCUT2D eigenvalue weighted by molar-refractivity contribution is -0.121. The molecule has 1 saturated heterocycles. The van der Waals surface area contributed by atoms with E-state index in [1.807, 2.05) is 24.3 Å². The van der Waals surface area contributed by atoms with Gasteiger partial charge in [0.25, 0.3) is 5.91 Å². The van der Waals surface area contributed by atoms with Crippen LogP contribution in [-0.4, -0.2) is 29.8 Å². The number of furan rings is 1. The fraction of sp³-hybridized carbons (Fsp3) is 0.368. The fourth-order valence-electron chi connectivity index (χ4n) is 3.05. The number of carbonyl (C=O) groups excluding carboxylic acids is 2. The van der Waals surface area contributed by atoms with Crippen molar-refractivity contribution < 1.29 is 14.0 Å². The molecular weight excluding hydrogens is 304 g/mol. The van der Waals surface area contributed by atoms with Crippen molar-refractivity contribution >= 4 is 17.5 Å². The highest BCUT2D eigenvalue weighted by atomic mass is 16.3. The standard InChI is InChI=1S/C19H22N2O3/c1-2-14-6-3-8-16(12-14)20-18(22)15-7-4-10-21(13-15)19(23)17-9-5-11-24-17/h3,5-6,8-9,11-12,15H,2,4,7,10,13H2,1H3,(H,20,22). The van der Waals surface area contributed by atoms with Gasteiger partial charge < -0.3 is 14.6 Å². The Labute approximate surface area is 141 Å². The summed E-state index contributed by atoms with van der Waals surface area (Å²) in [5.41, 5.74) is 2.00. The van der Waals surface area contributed by atoms with E-state index in [0.717, 1.165) is 24.9 Å². The molecule has 1 aromatic carbocycles. The van der Waals surface area contributed by atoms with E-state index in [9.17, 15) is 9.59 Å². The lowest BCUT2D eigenvalue weighted by Crippen LogP contribution is -2.43. The molecule has 1 fully saturated rings. The van der Waals surface area contributed by atoms with Crippen LogP contribution in [0, 0.1) is 5.92 Å². The smallest absolute Gasteiger partial charge is 0.289 e. The van der Waals surface area contributed by atoms with Gasteiger partial charge in [-0.25, -0.2) is 0 Å². The van der Waals surface area contributed by atoms with Crippen molar-refractivity contribution in [3.63, 3.8) is 0 Å². The molecule has 1 unspecified atom stereocenters. The third kappa shape index (κ3) is 3.67. The maximum atomic E-state index is 12.5. The van der Waals surface area contributed by atoms with E-state index in [1.165, 1.54) is 11.8 Å². The molecule has 126 valence electrons. The molecule has 0 saturated carbocycles. The van der Waals surface area contributed by atoms with Crippen molar-refractivity contribution in [1.29, 1.82) is 0 Å². The third-order valence-electron chi connectivity index (χ3n) is 4.41. The third-order valence-corrected chi connectivity index (χ3v) is 4.41. The number of rotatable bonds is 4. The van der Waals surface area contributed by atoms with Crippen LogP contribution in [0.2, 0.25) is 0 Å². The van der Waals surface area contributed by atoms with Crippen molar-refractivity contribution in [2.24, 2.45) is 5.92 Å². The summed E-state index contributed by atoms with van der Waals surface area (Å²) in [5.74, 6) is -0.0414. The summed E-state index contributed by atoms with van der Waals surface area (Å²) in [6.45, 7) is 3.17. The molecule has 2 aromatic rings. The van der Waals surface area contributed by atoms with E-state index >= 15 is 0 Å². The highest BCUT2D eigenvalue weighted by molar-refractivity contribution is 5.95. The Morgan fingerprint density at radius 2 is 2.17 bits per heavy atom.